The topological polar surface area (TPSA) is 109 Å². The van der Waals surface area contributed by atoms with E-state index in [1.165, 1.54) is 17.5 Å². The number of carbonyl (C=O) groups is 1. The predicted molar refractivity (Wildman–Crippen MR) is 106 cm³/mol. The first-order chi connectivity index (χ1) is 13.3. The predicted octanol–water partition coefficient (Wildman–Crippen LogP) is 1.48. The molecule has 2 aromatic rings. The first-order valence-corrected chi connectivity index (χ1v) is 10.1. The number of halogens is 1. The number of hydrogen-bond acceptors (Lipinski definition) is 8. The molecule has 2 atom stereocenters. The molecule has 1 spiro atoms. The second-order valence-electron chi connectivity index (χ2n) is 7.24. The Kier molecular flexibility index (Phi) is 4.96. The maximum atomic E-state index is 11.9. The number of fused-ring (bicyclic) bond motifs is 2. The lowest BCUT2D eigenvalue weighted by molar-refractivity contribution is -0.127. The number of aliphatic hydroxyl groups is 3. The van der Waals surface area contributed by atoms with E-state index >= 15 is 0 Å². The van der Waals surface area contributed by atoms with Crippen molar-refractivity contribution in [1.29, 1.82) is 0 Å². The summed E-state index contributed by atoms with van der Waals surface area (Å²) >= 11 is 7.14. The van der Waals surface area contributed by atoms with Gasteiger partial charge in [0, 0.05) is 43.2 Å². The van der Waals surface area contributed by atoms with E-state index in [1.807, 2.05) is 4.90 Å². The van der Waals surface area contributed by atoms with Gasteiger partial charge in [0.15, 0.2) is 11.4 Å². The van der Waals surface area contributed by atoms with Gasteiger partial charge in [0.25, 0.3) is 0 Å². The summed E-state index contributed by atoms with van der Waals surface area (Å²) in [6.45, 7) is 3.18. The molecule has 28 heavy (non-hydrogen) atoms. The highest BCUT2D eigenvalue weighted by Gasteiger charge is 2.49. The van der Waals surface area contributed by atoms with Crippen LogP contribution >= 0.6 is 22.9 Å². The summed E-state index contributed by atoms with van der Waals surface area (Å²) in [6, 6.07) is 5.16. The molecule has 3 heterocycles. The molecule has 1 saturated heterocycles. The number of thiazole rings is 1. The van der Waals surface area contributed by atoms with E-state index in [0.29, 0.717) is 34.7 Å². The number of hydrogen-bond donors (Lipinski definition) is 4. The molecular weight excluding hydrogens is 404 g/mol. The summed E-state index contributed by atoms with van der Waals surface area (Å²) in [7, 11) is 0. The molecule has 2 unspecified atom stereocenters. The van der Waals surface area contributed by atoms with Gasteiger partial charge in [-0.2, -0.15) is 0 Å². The lowest BCUT2D eigenvalue weighted by Gasteiger charge is -2.29. The monoisotopic (exact) mass is 424 g/mol. The van der Waals surface area contributed by atoms with Crippen LogP contribution in [-0.2, 0) is 10.2 Å². The van der Waals surface area contributed by atoms with Gasteiger partial charge in [-0.05, 0) is 24.1 Å². The number of nitrogens with zero attached hydrogens (tertiary/aromatic N) is 3. The van der Waals surface area contributed by atoms with Gasteiger partial charge in [-0.15, -0.1) is 0 Å². The fraction of sp³-hybridized carbons (Fsp3) is 0.444. The summed E-state index contributed by atoms with van der Waals surface area (Å²) in [5.41, 5.74) is 1.70. The first kappa shape index (κ1) is 19.4. The third-order valence-corrected chi connectivity index (χ3v) is 6.54. The summed E-state index contributed by atoms with van der Waals surface area (Å²) in [6.07, 6.45) is -0.382. The lowest BCUT2D eigenvalue weighted by atomic mass is 9.81. The van der Waals surface area contributed by atoms with E-state index in [4.69, 9.17) is 11.6 Å². The molecule has 8 nitrogen and oxygen atoms in total. The van der Waals surface area contributed by atoms with Crippen molar-refractivity contribution in [2.75, 3.05) is 29.9 Å². The Bertz CT molecular complexity index is 907. The van der Waals surface area contributed by atoms with Gasteiger partial charge in [0.2, 0.25) is 12.3 Å². The van der Waals surface area contributed by atoms with Gasteiger partial charge >= 0.3 is 0 Å². The number of carbonyl (C=O) groups excluding carboxylic acids is 1. The minimum atomic E-state index is -1.58. The van der Waals surface area contributed by atoms with E-state index in [2.05, 4.69) is 10.3 Å². The van der Waals surface area contributed by atoms with Crippen molar-refractivity contribution in [2.45, 2.75) is 31.4 Å². The third-order valence-electron chi connectivity index (χ3n) is 5.50. The smallest absolute Gasteiger partial charge is 0.219 e. The molecule has 0 bridgehead atoms. The summed E-state index contributed by atoms with van der Waals surface area (Å²) < 4.78 is 0.516. The molecule has 1 aromatic heterocycles. The maximum absolute atomic E-state index is 11.9. The number of aromatic nitrogens is 1. The second-order valence-corrected chi connectivity index (χ2v) is 8.90. The summed E-state index contributed by atoms with van der Waals surface area (Å²) in [5, 5.41) is 33.5. The van der Waals surface area contributed by atoms with Gasteiger partial charge in [-0.25, -0.2) is 4.98 Å². The van der Waals surface area contributed by atoms with E-state index < -0.39 is 12.6 Å². The Balaban J connectivity index is 1.68. The molecule has 2 aliphatic heterocycles. The van der Waals surface area contributed by atoms with E-state index in [0.717, 1.165) is 17.7 Å². The molecule has 10 heteroatoms. The van der Waals surface area contributed by atoms with Gasteiger partial charge < -0.3 is 30.4 Å². The SMILES string of the molecule is CC(=O)N1CCC2(C1)CN(C(O)Nc1ncc(Cl)s1)c1ccc(C(O)O)cc12. The van der Waals surface area contributed by atoms with Crippen LogP contribution in [0.2, 0.25) is 4.34 Å². The van der Waals surface area contributed by atoms with Crippen molar-refractivity contribution in [2.24, 2.45) is 0 Å². The fourth-order valence-corrected chi connectivity index (χ4v) is 4.93. The fourth-order valence-electron chi connectivity index (χ4n) is 4.10. The molecule has 1 amide bonds. The molecule has 2 aliphatic rings. The zero-order valence-corrected chi connectivity index (χ0v) is 16.7. The summed E-state index contributed by atoms with van der Waals surface area (Å²) in [4.78, 5) is 19.6. The minimum absolute atomic E-state index is 0.00586. The number of nitrogens with one attached hydrogen (secondary N) is 1. The Labute approximate surface area is 171 Å². The summed E-state index contributed by atoms with van der Waals surface area (Å²) in [5.74, 6) is 0.00586. The Morgan fingerprint density at radius 2 is 2.14 bits per heavy atom. The zero-order chi connectivity index (χ0) is 20.1. The number of aliphatic hydroxyl groups excluding tert-OH is 2. The van der Waals surface area contributed by atoms with Crippen LogP contribution in [0.25, 0.3) is 0 Å². The highest BCUT2D eigenvalue weighted by atomic mass is 35.5. The highest BCUT2D eigenvalue weighted by Crippen LogP contribution is 2.47. The number of likely N-dealkylation sites (tertiary alicyclic amines) is 1. The number of benzene rings is 1. The van der Waals surface area contributed by atoms with Gasteiger partial charge in [0.1, 0.15) is 4.34 Å². The van der Waals surface area contributed by atoms with Gasteiger partial charge in [0.05, 0.1) is 6.20 Å². The Morgan fingerprint density at radius 3 is 2.75 bits per heavy atom. The maximum Gasteiger partial charge on any atom is 0.219 e. The number of anilines is 2. The number of rotatable bonds is 4. The standard InChI is InChI=1S/C18H21ClN4O4S/c1-10(24)22-5-4-18(8-22)9-23(17(27)21-16-20-7-14(19)28-16)13-3-2-11(15(25)26)6-12(13)18/h2-3,6-7,15,17,25-27H,4-5,8-9H2,1H3,(H,20,21). The van der Waals surface area contributed by atoms with Crippen molar-refractivity contribution in [3.05, 3.63) is 39.9 Å². The first-order valence-electron chi connectivity index (χ1n) is 8.88. The quantitative estimate of drug-likeness (QED) is 0.550. The van der Waals surface area contributed by atoms with Crippen LogP contribution in [0.1, 0.15) is 30.8 Å². The van der Waals surface area contributed by atoms with Crippen LogP contribution in [0.15, 0.2) is 24.4 Å². The van der Waals surface area contributed by atoms with Crippen LogP contribution < -0.4 is 10.2 Å². The Morgan fingerprint density at radius 1 is 1.36 bits per heavy atom. The van der Waals surface area contributed by atoms with Crippen LogP contribution in [0.4, 0.5) is 10.8 Å². The molecule has 1 fully saturated rings. The normalized spacial score (nSPS) is 22.2. The molecule has 4 rings (SSSR count). The molecule has 0 radical (unpaired) electrons. The Hall–Kier alpha value is -1.91. The van der Waals surface area contributed by atoms with Crippen molar-refractivity contribution in [1.82, 2.24) is 9.88 Å². The van der Waals surface area contributed by atoms with Gasteiger partial charge in [-0.1, -0.05) is 29.0 Å². The van der Waals surface area contributed by atoms with Gasteiger partial charge in [-0.3, -0.25) is 4.79 Å². The van der Waals surface area contributed by atoms with Crippen molar-refractivity contribution < 1.29 is 20.1 Å². The van der Waals surface area contributed by atoms with Crippen LogP contribution in [0, 0.1) is 0 Å². The van der Waals surface area contributed by atoms with Crippen molar-refractivity contribution in [3.8, 4) is 0 Å². The average Bonchev–Trinajstić information content (AvgIpc) is 3.34. The average molecular weight is 425 g/mol. The largest absolute Gasteiger partial charge is 0.364 e. The van der Waals surface area contributed by atoms with E-state index in [1.54, 1.807) is 30.0 Å². The molecule has 0 aliphatic carbocycles. The van der Waals surface area contributed by atoms with Crippen LogP contribution in [-0.4, -0.2) is 57.1 Å². The van der Waals surface area contributed by atoms with Crippen molar-refractivity contribution in [3.63, 3.8) is 0 Å². The molecule has 1 aromatic carbocycles. The number of amides is 1. The highest BCUT2D eigenvalue weighted by molar-refractivity contribution is 7.19. The minimum Gasteiger partial charge on any atom is -0.364 e. The van der Waals surface area contributed by atoms with E-state index in [9.17, 15) is 20.1 Å². The molecular formula is C18H21ClN4O4S. The second kappa shape index (κ2) is 7.16. The van der Waals surface area contributed by atoms with Crippen LogP contribution in [0.5, 0.6) is 0 Å². The molecule has 4 N–H and O–H groups in total. The third kappa shape index (κ3) is 3.33. The molecule has 150 valence electrons. The molecule has 0 saturated carbocycles. The van der Waals surface area contributed by atoms with E-state index in [-0.39, 0.29) is 11.3 Å². The van der Waals surface area contributed by atoms with Crippen LogP contribution in [0.3, 0.4) is 0 Å². The zero-order valence-electron chi connectivity index (χ0n) is 15.2. The van der Waals surface area contributed by atoms with Crippen molar-refractivity contribution >= 4 is 39.7 Å². The lowest BCUT2D eigenvalue weighted by Crippen LogP contribution is -2.44.